The number of hydrogen-bond acceptors (Lipinski definition) is 1. The van der Waals surface area contributed by atoms with Gasteiger partial charge < -0.3 is 0 Å². The number of halogens is 2. The van der Waals surface area contributed by atoms with Crippen LogP contribution in [0.5, 0.6) is 0 Å². The Kier molecular flexibility index (Phi) is 0.979. The molecule has 0 atom stereocenters. The lowest BCUT2D eigenvalue weighted by Gasteiger charge is -2.26. The van der Waals surface area contributed by atoms with Gasteiger partial charge >= 0.3 is 0 Å². The van der Waals surface area contributed by atoms with Gasteiger partial charge in [0, 0.05) is 13.1 Å². The fourth-order valence-electron chi connectivity index (χ4n) is 0.376. The maximum Gasteiger partial charge on any atom is 0.128 e. The molecule has 1 rings (SSSR count). The third-order valence-corrected chi connectivity index (χ3v) is 1.07. The highest BCUT2D eigenvalue weighted by Gasteiger charge is 2.23. The highest BCUT2D eigenvalue weighted by molar-refractivity contribution is 6.13. The van der Waals surface area contributed by atoms with Gasteiger partial charge in [-0.1, -0.05) is 0 Å². The van der Waals surface area contributed by atoms with Gasteiger partial charge in [0.15, 0.2) is 0 Å². The predicted octanol–water partition coefficient (Wildman–Crippen LogP) is 0.794. The molecule has 36 valence electrons. The van der Waals surface area contributed by atoms with Gasteiger partial charge in [-0.2, -0.15) is 0 Å². The topological polar surface area (TPSA) is 3.24 Å². The zero-order valence-electron chi connectivity index (χ0n) is 3.19. The van der Waals surface area contributed by atoms with Crippen LogP contribution in [0, 0.1) is 0 Å². The number of nitrogens with zero attached hydrogens (tertiary/aromatic N) is 1. The second-order valence-electron chi connectivity index (χ2n) is 1.43. The van der Waals surface area contributed by atoms with Crippen LogP contribution in [0.3, 0.4) is 0 Å². The highest BCUT2D eigenvalue weighted by atomic mass is 35.5. The molecule has 0 spiro atoms. The van der Waals surface area contributed by atoms with Gasteiger partial charge in [0.1, 0.15) is 6.17 Å². The standard InChI is InChI=1S/C3H5ClFN/c4-6-1-3(5)2-6/h3H,1-2H2. The van der Waals surface area contributed by atoms with Crippen LogP contribution >= 0.6 is 11.8 Å². The summed E-state index contributed by atoms with van der Waals surface area (Å²) in [4.78, 5) is 0. The Morgan fingerprint density at radius 1 is 1.67 bits per heavy atom. The van der Waals surface area contributed by atoms with Crippen molar-refractivity contribution < 1.29 is 4.39 Å². The molecule has 1 aliphatic rings. The lowest BCUT2D eigenvalue weighted by atomic mass is 10.3. The molecule has 1 saturated heterocycles. The van der Waals surface area contributed by atoms with Crippen molar-refractivity contribution in [1.82, 2.24) is 4.42 Å². The molecule has 0 aromatic heterocycles. The number of rotatable bonds is 0. The third kappa shape index (κ3) is 0.632. The molecule has 0 aromatic rings. The second-order valence-corrected chi connectivity index (χ2v) is 1.90. The summed E-state index contributed by atoms with van der Waals surface area (Å²) >= 11 is 5.24. The smallest absolute Gasteiger partial charge is 0.128 e. The summed E-state index contributed by atoms with van der Waals surface area (Å²) in [7, 11) is 0. The maximum atomic E-state index is 11.6. The Labute approximate surface area is 40.8 Å². The molecule has 6 heavy (non-hydrogen) atoms. The van der Waals surface area contributed by atoms with Crippen LogP contribution < -0.4 is 0 Å². The monoisotopic (exact) mass is 109 g/mol. The van der Waals surface area contributed by atoms with E-state index >= 15 is 0 Å². The largest absolute Gasteiger partial charge is 0.245 e. The minimum Gasteiger partial charge on any atom is -0.245 e. The van der Waals surface area contributed by atoms with Crippen LogP contribution in [0.2, 0.25) is 0 Å². The van der Waals surface area contributed by atoms with Crippen molar-refractivity contribution in [3.63, 3.8) is 0 Å². The molecule has 1 fully saturated rings. The Hall–Kier alpha value is 0.180. The first-order valence-electron chi connectivity index (χ1n) is 1.84. The summed E-state index contributed by atoms with van der Waals surface area (Å²) in [6.07, 6.45) is -0.664. The first-order chi connectivity index (χ1) is 2.79. The van der Waals surface area contributed by atoms with Crippen LogP contribution in [0.25, 0.3) is 0 Å². The van der Waals surface area contributed by atoms with Crippen molar-refractivity contribution >= 4 is 11.8 Å². The summed E-state index contributed by atoms with van der Waals surface area (Å²) < 4.78 is 13.1. The molecular weight excluding hydrogens is 104 g/mol. The SMILES string of the molecule is FC1CN(Cl)C1. The molecule has 0 radical (unpaired) electrons. The van der Waals surface area contributed by atoms with Gasteiger partial charge in [0.05, 0.1) is 0 Å². The zero-order valence-corrected chi connectivity index (χ0v) is 3.95. The summed E-state index contributed by atoms with van der Waals surface area (Å²) in [5, 5.41) is 0. The quantitative estimate of drug-likeness (QED) is 0.416. The number of hydrogen-bond donors (Lipinski definition) is 0. The Balaban J connectivity index is 2.11. The fraction of sp³-hybridized carbons (Fsp3) is 1.00. The van der Waals surface area contributed by atoms with Crippen molar-refractivity contribution in [1.29, 1.82) is 0 Å². The van der Waals surface area contributed by atoms with Gasteiger partial charge in [-0.3, -0.25) is 0 Å². The molecule has 0 unspecified atom stereocenters. The first-order valence-corrected chi connectivity index (χ1v) is 2.17. The summed E-state index contributed by atoms with van der Waals surface area (Å²) in [6.45, 7) is 0.809. The van der Waals surface area contributed by atoms with E-state index < -0.39 is 6.17 Å². The Bertz CT molecular complexity index is 46.8. The lowest BCUT2D eigenvalue weighted by Crippen LogP contribution is -2.41. The van der Waals surface area contributed by atoms with Gasteiger partial charge in [-0.15, -0.1) is 0 Å². The van der Waals surface area contributed by atoms with Crippen molar-refractivity contribution in [2.75, 3.05) is 13.1 Å². The molecule has 3 heteroatoms. The molecule has 1 aliphatic heterocycles. The van der Waals surface area contributed by atoms with Crippen LogP contribution in [0.1, 0.15) is 0 Å². The van der Waals surface area contributed by atoms with E-state index in [1.165, 1.54) is 4.42 Å². The molecule has 1 heterocycles. The molecule has 0 aromatic carbocycles. The highest BCUT2D eigenvalue weighted by Crippen LogP contribution is 2.11. The van der Waals surface area contributed by atoms with Crippen LogP contribution in [0.15, 0.2) is 0 Å². The van der Waals surface area contributed by atoms with E-state index in [-0.39, 0.29) is 0 Å². The van der Waals surface area contributed by atoms with E-state index in [0.29, 0.717) is 13.1 Å². The van der Waals surface area contributed by atoms with Crippen LogP contribution in [-0.2, 0) is 0 Å². The van der Waals surface area contributed by atoms with Crippen molar-refractivity contribution in [3.8, 4) is 0 Å². The van der Waals surface area contributed by atoms with E-state index in [9.17, 15) is 4.39 Å². The van der Waals surface area contributed by atoms with Crippen molar-refractivity contribution in [2.45, 2.75) is 6.17 Å². The minimum atomic E-state index is -0.664. The number of alkyl halides is 1. The van der Waals surface area contributed by atoms with Crippen molar-refractivity contribution in [2.24, 2.45) is 0 Å². The lowest BCUT2D eigenvalue weighted by molar-refractivity contribution is 0.146. The van der Waals surface area contributed by atoms with Gasteiger partial charge in [0.2, 0.25) is 0 Å². The average Bonchev–Trinajstić information content (AvgIpc) is 1.33. The van der Waals surface area contributed by atoms with E-state index in [1.807, 2.05) is 0 Å². The first kappa shape index (κ1) is 4.34. The maximum absolute atomic E-state index is 11.6. The predicted molar refractivity (Wildman–Crippen MR) is 22.3 cm³/mol. The summed E-state index contributed by atoms with van der Waals surface area (Å²) in [5.41, 5.74) is 0. The Morgan fingerprint density at radius 3 is 2.17 bits per heavy atom. The van der Waals surface area contributed by atoms with Crippen molar-refractivity contribution in [3.05, 3.63) is 0 Å². The van der Waals surface area contributed by atoms with E-state index in [4.69, 9.17) is 11.8 Å². The summed E-state index contributed by atoms with van der Waals surface area (Å²) in [5.74, 6) is 0. The average molecular weight is 110 g/mol. The molecule has 0 saturated carbocycles. The van der Waals surface area contributed by atoms with E-state index in [0.717, 1.165) is 0 Å². The Morgan fingerprint density at radius 2 is 2.17 bits per heavy atom. The zero-order chi connectivity index (χ0) is 4.57. The molecule has 0 amide bonds. The second kappa shape index (κ2) is 1.35. The fourth-order valence-corrected chi connectivity index (χ4v) is 0.676. The molecular formula is C3H5ClFN. The summed E-state index contributed by atoms with van der Waals surface area (Å²) in [6, 6.07) is 0. The molecule has 0 bridgehead atoms. The minimum absolute atomic E-state index is 0.404. The van der Waals surface area contributed by atoms with Gasteiger partial charge in [-0.05, 0) is 11.8 Å². The van der Waals surface area contributed by atoms with E-state index in [1.54, 1.807) is 0 Å². The normalized spacial score (nSPS) is 27.0. The van der Waals surface area contributed by atoms with Crippen LogP contribution in [-0.4, -0.2) is 23.7 Å². The molecule has 0 N–H and O–H groups in total. The van der Waals surface area contributed by atoms with E-state index in [2.05, 4.69) is 0 Å². The molecule has 1 nitrogen and oxygen atoms in total. The van der Waals surface area contributed by atoms with Crippen LogP contribution in [0.4, 0.5) is 4.39 Å². The third-order valence-electron chi connectivity index (χ3n) is 0.792. The van der Waals surface area contributed by atoms with Gasteiger partial charge in [0.25, 0.3) is 0 Å². The van der Waals surface area contributed by atoms with Gasteiger partial charge in [-0.25, -0.2) is 8.81 Å². The molecule has 0 aliphatic carbocycles.